The first kappa shape index (κ1) is 12.5. The second-order valence-corrected chi connectivity index (χ2v) is 5.21. The minimum absolute atomic E-state index is 0.0122. The van der Waals surface area contributed by atoms with Crippen LogP contribution in [0, 0.1) is 0 Å². The minimum atomic E-state index is -0.542. The van der Waals surface area contributed by atoms with Crippen LogP contribution in [0.3, 0.4) is 0 Å². The Morgan fingerprint density at radius 3 is 2.95 bits per heavy atom. The van der Waals surface area contributed by atoms with Gasteiger partial charge < -0.3 is 4.57 Å². The first-order chi connectivity index (χ1) is 9.58. The van der Waals surface area contributed by atoms with Gasteiger partial charge in [-0.15, -0.1) is 11.3 Å². The standard InChI is InChI=1S/C12H10N4O3S/c1-15-10-9(11(18)14-12(15)19)16(6-13-10)5-7(17)8-3-2-4-20-8/h2-4,6H,5H2,1H3,(H,14,18,19). The molecule has 3 aromatic heterocycles. The summed E-state index contributed by atoms with van der Waals surface area (Å²) >= 11 is 1.34. The Bertz CT molecular complexity index is 901. The molecule has 0 aromatic carbocycles. The monoisotopic (exact) mass is 290 g/mol. The quantitative estimate of drug-likeness (QED) is 0.706. The number of H-pyrrole nitrogens is 1. The summed E-state index contributed by atoms with van der Waals surface area (Å²) in [6.45, 7) is 0.0122. The van der Waals surface area contributed by atoms with Crippen molar-refractivity contribution < 1.29 is 4.79 Å². The molecule has 0 aliphatic carbocycles. The predicted molar refractivity (Wildman–Crippen MR) is 74.2 cm³/mol. The number of aryl methyl sites for hydroxylation is 1. The second-order valence-electron chi connectivity index (χ2n) is 4.26. The molecule has 0 radical (unpaired) electrons. The summed E-state index contributed by atoms with van der Waals surface area (Å²) in [6.07, 6.45) is 1.39. The number of carbonyl (C=O) groups is 1. The Labute approximate surface area is 116 Å². The fraction of sp³-hybridized carbons (Fsp3) is 0.167. The summed E-state index contributed by atoms with van der Waals surface area (Å²) in [5.41, 5.74) is -0.591. The minimum Gasteiger partial charge on any atom is -0.317 e. The van der Waals surface area contributed by atoms with Gasteiger partial charge in [-0.2, -0.15) is 0 Å². The molecule has 1 N–H and O–H groups in total. The van der Waals surface area contributed by atoms with Crippen molar-refractivity contribution >= 4 is 28.3 Å². The van der Waals surface area contributed by atoms with Gasteiger partial charge in [-0.05, 0) is 11.4 Å². The summed E-state index contributed by atoms with van der Waals surface area (Å²) in [7, 11) is 1.51. The van der Waals surface area contributed by atoms with E-state index in [0.29, 0.717) is 4.88 Å². The number of Topliss-reactive ketones (excluding diaryl/α,β-unsaturated/α-hetero) is 1. The number of fused-ring (bicyclic) bond motifs is 1. The van der Waals surface area contributed by atoms with Crippen LogP contribution in [0.15, 0.2) is 33.4 Å². The molecule has 0 atom stereocenters. The van der Waals surface area contributed by atoms with E-state index >= 15 is 0 Å². The first-order valence-corrected chi connectivity index (χ1v) is 6.67. The Kier molecular flexibility index (Phi) is 2.87. The van der Waals surface area contributed by atoms with Gasteiger partial charge in [0.15, 0.2) is 16.9 Å². The fourth-order valence-corrected chi connectivity index (χ4v) is 2.63. The summed E-state index contributed by atoms with van der Waals surface area (Å²) in [5.74, 6) is -0.104. The third-order valence-electron chi connectivity index (χ3n) is 2.99. The van der Waals surface area contributed by atoms with Crippen molar-refractivity contribution in [2.24, 2.45) is 7.05 Å². The summed E-state index contributed by atoms with van der Waals surface area (Å²) < 4.78 is 2.69. The van der Waals surface area contributed by atoms with Crippen LogP contribution < -0.4 is 11.2 Å². The second kappa shape index (κ2) is 4.57. The fourth-order valence-electron chi connectivity index (χ4n) is 1.98. The van der Waals surface area contributed by atoms with Crippen LogP contribution in [0.4, 0.5) is 0 Å². The van der Waals surface area contributed by atoms with Crippen molar-refractivity contribution in [3.05, 3.63) is 49.6 Å². The largest absolute Gasteiger partial charge is 0.329 e. The van der Waals surface area contributed by atoms with Crippen LogP contribution in [0.2, 0.25) is 0 Å². The maximum Gasteiger partial charge on any atom is 0.329 e. The molecule has 7 nitrogen and oxygen atoms in total. The maximum absolute atomic E-state index is 12.1. The van der Waals surface area contributed by atoms with Gasteiger partial charge in [-0.1, -0.05) is 6.07 Å². The van der Waals surface area contributed by atoms with Gasteiger partial charge in [0.1, 0.15) is 0 Å². The lowest BCUT2D eigenvalue weighted by molar-refractivity contribution is 0.0977. The van der Waals surface area contributed by atoms with Crippen LogP contribution in [0.25, 0.3) is 11.2 Å². The number of carbonyl (C=O) groups excluding carboxylic acids is 1. The van der Waals surface area contributed by atoms with Crippen LogP contribution >= 0.6 is 11.3 Å². The highest BCUT2D eigenvalue weighted by Crippen LogP contribution is 2.12. The number of nitrogens with one attached hydrogen (secondary N) is 1. The molecule has 0 aliphatic heterocycles. The van der Waals surface area contributed by atoms with Crippen molar-refractivity contribution in [1.82, 2.24) is 19.1 Å². The van der Waals surface area contributed by atoms with Gasteiger partial charge >= 0.3 is 5.69 Å². The van der Waals surface area contributed by atoms with Crippen LogP contribution in [0.1, 0.15) is 9.67 Å². The molecule has 0 aliphatic rings. The van der Waals surface area contributed by atoms with Crippen molar-refractivity contribution in [2.75, 3.05) is 0 Å². The highest BCUT2D eigenvalue weighted by Gasteiger charge is 2.14. The van der Waals surface area contributed by atoms with Gasteiger partial charge in [-0.25, -0.2) is 9.78 Å². The molecule has 20 heavy (non-hydrogen) atoms. The SMILES string of the molecule is Cn1c(=O)[nH]c(=O)c2c1ncn2CC(=O)c1cccs1. The molecule has 0 saturated carbocycles. The van der Waals surface area contributed by atoms with Gasteiger partial charge in [0.2, 0.25) is 0 Å². The number of aromatic amines is 1. The molecule has 8 heteroatoms. The molecule has 0 saturated heterocycles. The van der Waals surface area contributed by atoms with E-state index in [4.69, 9.17) is 0 Å². The van der Waals surface area contributed by atoms with E-state index in [0.717, 1.165) is 0 Å². The Balaban J connectivity index is 2.10. The maximum atomic E-state index is 12.1. The number of rotatable bonds is 3. The number of imidazole rings is 1. The molecule has 0 unspecified atom stereocenters. The molecule has 0 spiro atoms. The topological polar surface area (TPSA) is 89.8 Å². The smallest absolute Gasteiger partial charge is 0.317 e. The number of nitrogens with zero attached hydrogens (tertiary/aromatic N) is 3. The molecule has 102 valence electrons. The molecule has 0 bridgehead atoms. The molecular formula is C12H10N4O3S. The zero-order chi connectivity index (χ0) is 14.3. The molecule has 0 amide bonds. The summed E-state index contributed by atoms with van der Waals surface area (Å²) in [5, 5.41) is 1.82. The molecule has 3 heterocycles. The zero-order valence-corrected chi connectivity index (χ0v) is 11.3. The molecule has 3 rings (SSSR count). The van der Waals surface area contributed by atoms with Gasteiger partial charge in [0.25, 0.3) is 5.56 Å². The number of aromatic nitrogens is 4. The lowest BCUT2D eigenvalue weighted by Crippen LogP contribution is -2.29. The average Bonchev–Trinajstić information content (AvgIpc) is 3.05. The predicted octanol–water partition coefficient (Wildman–Crippen LogP) is 0.368. The lowest BCUT2D eigenvalue weighted by Gasteiger charge is -2.02. The number of hydrogen-bond donors (Lipinski definition) is 1. The highest BCUT2D eigenvalue weighted by molar-refractivity contribution is 7.12. The van der Waals surface area contributed by atoms with E-state index < -0.39 is 11.2 Å². The Morgan fingerprint density at radius 2 is 2.25 bits per heavy atom. The lowest BCUT2D eigenvalue weighted by atomic mass is 10.3. The van der Waals surface area contributed by atoms with E-state index in [1.807, 2.05) is 5.38 Å². The highest BCUT2D eigenvalue weighted by atomic mass is 32.1. The van der Waals surface area contributed by atoms with Crippen LogP contribution in [0.5, 0.6) is 0 Å². The van der Waals surface area contributed by atoms with Crippen molar-refractivity contribution in [2.45, 2.75) is 6.54 Å². The number of ketones is 1. The third kappa shape index (κ3) is 1.90. The van der Waals surface area contributed by atoms with Crippen molar-refractivity contribution in [3.8, 4) is 0 Å². The zero-order valence-electron chi connectivity index (χ0n) is 10.5. The van der Waals surface area contributed by atoms with Crippen molar-refractivity contribution in [3.63, 3.8) is 0 Å². The van der Waals surface area contributed by atoms with Gasteiger partial charge in [-0.3, -0.25) is 19.1 Å². The first-order valence-electron chi connectivity index (χ1n) is 5.79. The van der Waals surface area contributed by atoms with Gasteiger partial charge in [0.05, 0.1) is 17.7 Å². The number of hydrogen-bond acceptors (Lipinski definition) is 5. The average molecular weight is 290 g/mol. The van der Waals surface area contributed by atoms with E-state index in [9.17, 15) is 14.4 Å². The molecular weight excluding hydrogens is 280 g/mol. The number of thiophene rings is 1. The molecule has 3 aromatic rings. The summed E-state index contributed by atoms with van der Waals surface area (Å²) in [4.78, 5) is 42.2. The normalized spacial score (nSPS) is 11.1. The Hall–Kier alpha value is -2.48. The molecule has 0 fully saturated rings. The van der Waals surface area contributed by atoms with Crippen LogP contribution in [-0.2, 0) is 13.6 Å². The van der Waals surface area contributed by atoms with E-state index in [-0.39, 0.29) is 23.5 Å². The van der Waals surface area contributed by atoms with E-state index in [1.54, 1.807) is 12.1 Å². The van der Waals surface area contributed by atoms with Gasteiger partial charge in [0, 0.05) is 7.05 Å². The Morgan fingerprint density at radius 1 is 1.45 bits per heavy atom. The summed E-state index contributed by atoms with van der Waals surface area (Å²) in [6, 6.07) is 3.52. The van der Waals surface area contributed by atoms with Crippen LogP contribution in [-0.4, -0.2) is 24.9 Å². The third-order valence-corrected chi connectivity index (χ3v) is 3.90. The van der Waals surface area contributed by atoms with E-state index in [2.05, 4.69) is 9.97 Å². The van der Waals surface area contributed by atoms with E-state index in [1.165, 1.54) is 33.8 Å². The van der Waals surface area contributed by atoms with Crippen molar-refractivity contribution in [1.29, 1.82) is 0 Å².